The molecule has 0 radical (unpaired) electrons. The van der Waals surface area contributed by atoms with Crippen molar-refractivity contribution in [3.8, 4) is 39.9 Å². The summed E-state index contributed by atoms with van der Waals surface area (Å²) < 4.78 is 8.95. The summed E-state index contributed by atoms with van der Waals surface area (Å²) in [5.41, 5.74) is 7.51. The Labute approximate surface area is 320 Å². The van der Waals surface area contributed by atoms with Crippen LogP contribution in [0.5, 0.6) is 0 Å². The molecule has 0 aliphatic heterocycles. The van der Waals surface area contributed by atoms with Gasteiger partial charge in [-0.15, -0.1) is 0 Å². The lowest BCUT2D eigenvalue weighted by atomic mass is 10.0. The van der Waals surface area contributed by atoms with E-state index in [1.807, 2.05) is 12.1 Å². The molecule has 9 aromatic carbocycles. The number of nitrogens with zero attached hydrogens (tertiary/aromatic N) is 4. The largest absolute Gasteiger partial charge is 0.456 e. The maximum atomic E-state index is 6.57. The number of hydrogen-bond acceptors (Lipinski definition) is 4. The van der Waals surface area contributed by atoms with E-state index < -0.39 is 0 Å². The normalized spacial score (nSPS) is 11.9. The molecule has 0 spiro atoms. The van der Waals surface area contributed by atoms with E-state index in [4.69, 9.17) is 19.4 Å². The van der Waals surface area contributed by atoms with Gasteiger partial charge in [-0.1, -0.05) is 140 Å². The molecule has 0 atom stereocenters. The second-order valence-electron chi connectivity index (χ2n) is 14.4. The molecule has 56 heavy (non-hydrogen) atoms. The zero-order chi connectivity index (χ0) is 36.7. The summed E-state index contributed by atoms with van der Waals surface area (Å²) in [5.74, 6) is 1.79. The van der Waals surface area contributed by atoms with Gasteiger partial charge in [0, 0.05) is 32.7 Å². The van der Waals surface area contributed by atoms with Crippen molar-refractivity contribution in [1.82, 2.24) is 19.5 Å². The van der Waals surface area contributed by atoms with Gasteiger partial charge in [-0.3, -0.25) is 0 Å². The molecule has 3 aromatic heterocycles. The molecule has 12 aromatic rings. The van der Waals surface area contributed by atoms with Crippen LogP contribution in [0.25, 0.3) is 116 Å². The number of benzene rings is 9. The van der Waals surface area contributed by atoms with Crippen molar-refractivity contribution in [1.29, 1.82) is 0 Å². The fourth-order valence-corrected chi connectivity index (χ4v) is 8.62. The highest BCUT2D eigenvalue weighted by Gasteiger charge is 2.25. The third-order valence-electron chi connectivity index (χ3n) is 11.2. The molecule has 5 heteroatoms. The van der Waals surface area contributed by atoms with Crippen molar-refractivity contribution in [2.45, 2.75) is 0 Å². The minimum absolute atomic E-state index is 0.574. The summed E-state index contributed by atoms with van der Waals surface area (Å²) in [6.45, 7) is 0. The van der Waals surface area contributed by atoms with Crippen LogP contribution in [-0.4, -0.2) is 19.5 Å². The topological polar surface area (TPSA) is 56.7 Å². The Balaban J connectivity index is 1.24. The molecule has 3 heterocycles. The van der Waals surface area contributed by atoms with E-state index in [9.17, 15) is 0 Å². The first-order valence-electron chi connectivity index (χ1n) is 18.9. The monoisotopic (exact) mass is 714 g/mol. The number of rotatable bonds is 4. The number of fused-ring (bicyclic) bond motifs is 9. The lowest BCUT2D eigenvalue weighted by Gasteiger charge is -2.16. The number of furan rings is 1. The molecule has 260 valence electrons. The quantitative estimate of drug-likeness (QED) is 0.182. The van der Waals surface area contributed by atoms with Crippen molar-refractivity contribution in [2.75, 3.05) is 0 Å². The number of hydrogen-bond donors (Lipinski definition) is 0. The first-order chi connectivity index (χ1) is 27.7. The predicted octanol–water partition coefficient (Wildman–Crippen LogP) is 13.3. The highest BCUT2D eigenvalue weighted by Crippen LogP contribution is 2.44. The molecule has 0 saturated heterocycles. The second-order valence-corrected chi connectivity index (χ2v) is 14.4. The highest BCUT2D eigenvalue weighted by molar-refractivity contribution is 6.17. The molecule has 0 bridgehead atoms. The molecular formula is C51H30N4O. The molecule has 12 rings (SSSR count). The van der Waals surface area contributed by atoms with E-state index in [-0.39, 0.29) is 0 Å². The van der Waals surface area contributed by atoms with Gasteiger partial charge in [-0.25, -0.2) is 15.0 Å². The second kappa shape index (κ2) is 11.9. The molecular weight excluding hydrogens is 685 g/mol. The van der Waals surface area contributed by atoms with Crippen LogP contribution in [0.4, 0.5) is 0 Å². The Bertz CT molecular complexity index is 3550. The van der Waals surface area contributed by atoms with Crippen LogP contribution in [0.2, 0.25) is 0 Å². The molecule has 0 fully saturated rings. The first-order valence-corrected chi connectivity index (χ1v) is 18.9. The third kappa shape index (κ3) is 4.64. The maximum absolute atomic E-state index is 6.57. The smallest absolute Gasteiger partial charge is 0.166 e. The zero-order valence-electron chi connectivity index (χ0n) is 30.0. The lowest BCUT2D eigenvalue weighted by molar-refractivity contribution is 0.669. The summed E-state index contributed by atoms with van der Waals surface area (Å²) in [7, 11) is 0. The fourth-order valence-electron chi connectivity index (χ4n) is 8.62. The van der Waals surface area contributed by atoms with Crippen LogP contribution in [0.3, 0.4) is 0 Å². The summed E-state index contributed by atoms with van der Waals surface area (Å²) in [6.07, 6.45) is 0. The van der Waals surface area contributed by atoms with Gasteiger partial charge in [0.25, 0.3) is 0 Å². The van der Waals surface area contributed by atoms with Crippen LogP contribution in [0.1, 0.15) is 0 Å². The van der Waals surface area contributed by atoms with Crippen molar-refractivity contribution in [3.63, 3.8) is 0 Å². The summed E-state index contributed by atoms with van der Waals surface area (Å²) in [6, 6.07) is 63.9. The molecule has 0 saturated carbocycles. The molecule has 0 aliphatic carbocycles. The Morgan fingerprint density at radius 2 is 1.02 bits per heavy atom. The van der Waals surface area contributed by atoms with Crippen LogP contribution in [-0.2, 0) is 0 Å². The van der Waals surface area contributed by atoms with Gasteiger partial charge in [0.15, 0.2) is 17.5 Å². The van der Waals surface area contributed by atoms with Crippen LogP contribution < -0.4 is 0 Å². The Hall–Kier alpha value is -7.63. The van der Waals surface area contributed by atoms with E-state index in [0.29, 0.717) is 17.5 Å². The van der Waals surface area contributed by atoms with Crippen molar-refractivity contribution >= 4 is 76.1 Å². The molecule has 0 unspecified atom stereocenters. The van der Waals surface area contributed by atoms with E-state index in [1.165, 1.54) is 21.5 Å². The summed E-state index contributed by atoms with van der Waals surface area (Å²) in [4.78, 5) is 16.1. The van der Waals surface area contributed by atoms with Crippen molar-refractivity contribution in [3.05, 3.63) is 182 Å². The van der Waals surface area contributed by atoms with Gasteiger partial charge >= 0.3 is 0 Å². The average Bonchev–Trinajstić information content (AvgIpc) is 3.80. The molecule has 0 aliphatic rings. The van der Waals surface area contributed by atoms with Crippen LogP contribution in [0, 0.1) is 0 Å². The van der Waals surface area contributed by atoms with Gasteiger partial charge in [0.1, 0.15) is 11.2 Å². The Kier molecular flexibility index (Phi) is 6.56. The SMILES string of the molecule is c1ccc2cc(-c3nc(-c4cccc5ccccc45)nc(-c4c(-n5c6ccccc6c6cc7ccccc7cc65)ccc5oc6ccccc6c45)n3)ccc2c1. The zero-order valence-corrected chi connectivity index (χ0v) is 30.0. The van der Waals surface area contributed by atoms with Gasteiger partial charge in [0.2, 0.25) is 0 Å². The minimum Gasteiger partial charge on any atom is -0.456 e. The summed E-state index contributed by atoms with van der Waals surface area (Å²) >= 11 is 0. The van der Waals surface area contributed by atoms with E-state index in [0.717, 1.165) is 76.9 Å². The van der Waals surface area contributed by atoms with Gasteiger partial charge in [-0.05, 0) is 74.8 Å². The summed E-state index contributed by atoms with van der Waals surface area (Å²) in [5, 5.41) is 11.2. The van der Waals surface area contributed by atoms with E-state index in [1.54, 1.807) is 0 Å². The Morgan fingerprint density at radius 3 is 1.88 bits per heavy atom. The van der Waals surface area contributed by atoms with Gasteiger partial charge in [-0.2, -0.15) is 0 Å². The standard InChI is InChI=1S/C51H30N4O/c1-2-14-33-28-36(25-24-31(33)12-1)49-52-50(39-21-11-17-32-13-5-6-18-37(32)39)54-51(53-49)48-43(26-27-46-47(48)40-20-8-10-23-45(40)56-46)55-42-22-9-7-19-38(42)41-29-34-15-3-4-16-35(34)30-44(41)55/h1-30H. The fraction of sp³-hybridized carbons (Fsp3) is 0. The first kappa shape index (κ1) is 30.8. The minimum atomic E-state index is 0.574. The predicted molar refractivity (Wildman–Crippen MR) is 230 cm³/mol. The highest BCUT2D eigenvalue weighted by atomic mass is 16.3. The van der Waals surface area contributed by atoms with Crippen molar-refractivity contribution < 1.29 is 4.42 Å². The molecule has 0 amide bonds. The van der Waals surface area contributed by atoms with E-state index >= 15 is 0 Å². The average molecular weight is 715 g/mol. The molecule has 0 N–H and O–H groups in total. The number of para-hydroxylation sites is 2. The third-order valence-corrected chi connectivity index (χ3v) is 11.2. The number of aromatic nitrogens is 4. The maximum Gasteiger partial charge on any atom is 0.166 e. The van der Waals surface area contributed by atoms with Gasteiger partial charge < -0.3 is 8.98 Å². The van der Waals surface area contributed by atoms with Crippen LogP contribution >= 0.6 is 0 Å². The van der Waals surface area contributed by atoms with Crippen molar-refractivity contribution in [2.24, 2.45) is 0 Å². The lowest BCUT2D eigenvalue weighted by Crippen LogP contribution is -2.04. The Morgan fingerprint density at radius 1 is 0.375 bits per heavy atom. The van der Waals surface area contributed by atoms with Crippen LogP contribution in [0.15, 0.2) is 186 Å². The van der Waals surface area contributed by atoms with E-state index in [2.05, 4.69) is 174 Å². The van der Waals surface area contributed by atoms with Gasteiger partial charge in [0.05, 0.1) is 22.3 Å². The molecule has 5 nitrogen and oxygen atoms in total.